The Bertz CT molecular complexity index is 565. The summed E-state index contributed by atoms with van der Waals surface area (Å²) in [6.07, 6.45) is 3.16. The lowest BCUT2D eigenvalue weighted by atomic mass is 10.0. The van der Waals surface area contributed by atoms with Gasteiger partial charge in [-0.1, -0.05) is 30.3 Å². The number of benzene rings is 1. The van der Waals surface area contributed by atoms with Gasteiger partial charge in [-0.2, -0.15) is 5.10 Å². The highest BCUT2D eigenvalue weighted by Gasteiger charge is 2.25. The highest BCUT2D eigenvalue weighted by molar-refractivity contribution is 5.21. The summed E-state index contributed by atoms with van der Waals surface area (Å²) in [5.74, 6) is 0. The van der Waals surface area contributed by atoms with E-state index in [4.69, 9.17) is 4.74 Å². The Morgan fingerprint density at radius 3 is 2.90 bits per heavy atom. The molecule has 2 unspecified atom stereocenters. The minimum absolute atomic E-state index is 0.0247. The minimum atomic E-state index is -0.259. The maximum absolute atomic E-state index is 9.77. The number of hydrogen-bond acceptors (Lipinski definition) is 3. The first-order chi connectivity index (χ1) is 9.72. The van der Waals surface area contributed by atoms with Crippen LogP contribution in [0.15, 0.2) is 36.5 Å². The number of hydrogen-bond donors (Lipinski definition) is 1. The number of aromatic nitrogens is 2. The third-order valence-electron chi connectivity index (χ3n) is 3.77. The van der Waals surface area contributed by atoms with Crippen molar-refractivity contribution in [1.29, 1.82) is 0 Å². The topological polar surface area (TPSA) is 47.3 Å². The molecule has 4 nitrogen and oxygen atoms in total. The number of nitrogens with zero attached hydrogens (tertiary/aromatic N) is 2. The molecule has 2 heterocycles. The monoisotopic (exact) mass is 272 g/mol. The van der Waals surface area contributed by atoms with E-state index in [9.17, 15) is 5.11 Å². The Balaban J connectivity index is 1.77. The van der Waals surface area contributed by atoms with E-state index in [2.05, 4.69) is 17.2 Å². The largest absolute Gasteiger partial charge is 0.393 e. The first-order valence-electron chi connectivity index (χ1n) is 7.10. The van der Waals surface area contributed by atoms with Crippen molar-refractivity contribution in [3.05, 3.63) is 53.3 Å². The van der Waals surface area contributed by atoms with E-state index in [1.54, 1.807) is 0 Å². The fourth-order valence-electron chi connectivity index (χ4n) is 2.70. The van der Waals surface area contributed by atoms with Crippen LogP contribution in [0.1, 0.15) is 35.8 Å². The summed E-state index contributed by atoms with van der Waals surface area (Å²) in [6, 6.07) is 10.3. The molecule has 2 aromatic rings. The van der Waals surface area contributed by atoms with Gasteiger partial charge in [-0.3, -0.25) is 4.68 Å². The molecule has 0 spiro atoms. The van der Waals surface area contributed by atoms with Gasteiger partial charge in [0.15, 0.2) is 0 Å². The highest BCUT2D eigenvalue weighted by Crippen LogP contribution is 2.29. The number of rotatable bonds is 3. The Morgan fingerprint density at radius 1 is 1.35 bits per heavy atom. The normalized spacial score (nSPS) is 22.9. The second kappa shape index (κ2) is 5.77. The Labute approximate surface area is 119 Å². The molecule has 0 bridgehead atoms. The average molecular weight is 272 g/mol. The minimum Gasteiger partial charge on any atom is -0.393 e. The van der Waals surface area contributed by atoms with Gasteiger partial charge in [0, 0.05) is 24.8 Å². The smallest absolute Gasteiger partial charge is 0.0882 e. The van der Waals surface area contributed by atoms with Crippen LogP contribution in [0.25, 0.3) is 0 Å². The van der Waals surface area contributed by atoms with Crippen LogP contribution in [-0.4, -0.2) is 27.6 Å². The van der Waals surface area contributed by atoms with Crippen LogP contribution in [-0.2, 0) is 11.3 Å². The maximum Gasteiger partial charge on any atom is 0.0882 e. The molecule has 3 rings (SSSR count). The van der Waals surface area contributed by atoms with Crippen molar-refractivity contribution in [2.45, 2.75) is 38.5 Å². The maximum atomic E-state index is 9.77. The average Bonchev–Trinajstić information content (AvgIpc) is 2.81. The van der Waals surface area contributed by atoms with Crippen LogP contribution in [0.2, 0.25) is 0 Å². The number of aliphatic hydroxyl groups is 1. The molecule has 0 amide bonds. The van der Waals surface area contributed by atoms with Crippen molar-refractivity contribution in [2.24, 2.45) is 0 Å². The van der Waals surface area contributed by atoms with Gasteiger partial charge in [-0.25, -0.2) is 0 Å². The van der Waals surface area contributed by atoms with E-state index in [0.29, 0.717) is 13.0 Å². The van der Waals surface area contributed by atoms with Crippen molar-refractivity contribution in [1.82, 2.24) is 9.78 Å². The van der Waals surface area contributed by atoms with Crippen LogP contribution in [0.5, 0.6) is 0 Å². The molecule has 4 heteroatoms. The Morgan fingerprint density at radius 2 is 2.15 bits per heavy atom. The van der Waals surface area contributed by atoms with Crippen LogP contribution >= 0.6 is 0 Å². The number of ether oxygens (including phenoxy) is 1. The third-order valence-corrected chi connectivity index (χ3v) is 3.77. The molecule has 20 heavy (non-hydrogen) atoms. The summed E-state index contributed by atoms with van der Waals surface area (Å²) >= 11 is 0. The van der Waals surface area contributed by atoms with E-state index in [1.807, 2.05) is 36.0 Å². The molecule has 1 saturated heterocycles. The van der Waals surface area contributed by atoms with E-state index in [1.165, 1.54) is 5.56 Å². The summed E-state index contributed by atoms with van der Waals surface area (Å²) < 4.78 is 7.71. The molecule has 1 aromatic carbocycles. The van der Waals surface area contributed by atoms with Crippen LogP contribution in [0.4, 0.5) is 0 Å². The van der Waals surface area contributed by atoms with Crippen molar-refractivity contribution in [3.8, 4) is 0 Å². The zero-order chi connectivity index (χ0) is 13.9. The summed E-state index contributed by atoms with van der Waals surface area (Å²) in [5.41, 5.74) is 3.31. The molecule has 1 aromatic heterocycles. The summed E-state index contributed by atoms with van der Waals surface area (Å²) in [6.45, 7) is 3.38. The first kappa shape index (κ1) is 13.3. The molecule has 1 aliphatic heterocycles. The molecular formula is C16H20N2O2. The lowest BCUT2D eigenvalue weighted by Gasteiger charge is -2.26. The van der Waals surface area contributed by atoms with Gasteiger partial charge in [0.05, 0.1) is 24.4 Å². The fourth-order valence-corrected chi connectivity index (χ4v) is 2.70. The predicted molar refractivity (Wildman–Crippen MR) is 76.4 cm³/mol. The van der Waals surface area contributed by atoms with Gasteiger partial charge in [0.25, 0.3) is 0 Å². The summed E-state index contributed by atoms with van der Waals surface area (Å²) in [5, 5.41) is 14.3. The van der Waals surface area contributed by atoms with Crippen molar-refractivity contribution in [2.75, 3.05) is 6.61 Å². The van der Waals surface area contributed by atoms with E-state index >= 15 is 0 Å². The summed E-state index contributed by atoms with van der Waals surface area (Å²) in [7, 11) is 0. The molecule has 0 radical (unpaired) electrons. The third kappa shape index (κ3) is 2.92. The van der Waals surface area contributed by atoms with Crippen LogP contribution in [0.3, 0.4) is 0 Å². The van der Waals surface area contributed by atoms with Gasteiger partial charge >= 0.3 is 0 Å². The SMILES string of the molecule is Cc1nn(Cc2ccccc2)cc1C1CC(O)CCO1. The lowest BCUT2D eigenvalue weighted by Crippen LogP contribution is -2.23. The van der Waals surface area contributed by atoms with E-state index in [0.717, 1.165) is 24.2 Å². The van der Waals surface area contributed by atoms with Gasteiger partial charge in [0.2, 0.25) is 0 Å². The highest BCUT2D eigenvalue weighted by atomic mass is 16.5. The molecule has 1 aliphatic rings. The first-order valence-corrected chi connectivity index (χ1v) is 7.10. The van der Waals surface area contributed by atoms with Gasteiger partial charge in [0.1, 0.15) is 0 Å². The fraction of sp³-hybridized carbons (Fsp3) is 0.438. The molecule has 0 aliphatic carbocycles. The standard InChI is InChI=1S/C16H20N2O2/c1-12-15(16-9-14(19)7-8-20-16)11-18(17-12)10-13-5-3-2-4-6-13/h2-6,11,14,16,19H,7-10H2,1H3. The summed E-state index contributed by atoms with van der Waals surface area (Å²) in [4.78, 5) is 0. The molecule has 106 valence electrons. The predicted octanol–water partition coefficient (Wildman–Crippen LogP) is 2.45. The zero-order valence-electron chi connectivity index (χ0n) is 11.7. The van der Waals surface area contributed by atoms with Crippen molar-refractivity contribution in [3.63, 3.8) is 0 Å². The molecule has 1 N–H and O–H groups in total. The van der Waals surface area contributed by atoms with Crippen molar-refractivity contribution < 1.29 is 9.84 Å². The van der Waals surface area contributed by atoms with Gasteiger partial charge in [-0.05, 0) is 18.9 Å². The molecule has 0 saturated carbocycles. The van der Waals surface area contributed by atoms with Crippen LogP contribution in [0, 0.1) is 6.92 Å². The Kier molecular flexibility index (Phi) is 3.85. The number of aliphatic hydroxyl groups excluding tert-OH is 1. The Hall–Kier alpha value is -1.65. The zero-order valence-corrected chi connectivity index (χ0v) is 11.7. The number of aryl methyl sites for hydroxylation is 1. The lowest BCUT2D eigenvalue weighted by molar-refractivity contribution is -0.0450. The van der Waals surface area contributed by atoms with E-state index in [-0.39, 0.29) is 12.2 Å². The van der Waals surface area contributed by atoms with Gasteiger partial charge in [-0.15, -0.1) is 0 Å². The van der Waals surface area contributed by atoms with E-state index < -0.39 is 0 Å². The second-order valence-electron chi connectivity index (χ2n) is 5.39. The molecule has 2 atom stereocenters. The van der Waals surface area contributed by atoms with Crippen molar-refractivity contribution >= 4 is 0 Å². The molecule has 1 fully saturated rings. The van der Waals surface area contributed by atoms with Crippen LogP contribution < -0.4 is 0 Å². The van der Waals surface area contributed by atoms with Gasteiger partial charge < -0.3 is 9.84 Å². The quantitative estimate of drug-likeness (QED) is 0.933. The molecular weight excluding hydrogens is 252 g/mol. The second-order valence-corrected chi connectivity index (χ2v) is 5.39.